The zero-order chi connectivity index (χ0) is 14.4. The van der Waals surface area contributed by atoms with Gasteiger partial charge < -0.3 is 5.32 Å². The van der Waals surface area contributed by atoms with E-state index >= 15 is 0 Å². The molecule has 0 spiro atoms. The van der Waals surface area contributed by atoms with Crippen molar-refractivity contribution in [2.24, 2.45) is 22.2 Å². The highest BCUT2D eigenvalue weighted by molar-refractivity contribution is 5.11. The van der Waals surface area contributed by atoms with E-state index in [1.807, 2.05) is 0 Å². The van der Waals surface area contributed by atoms with Crippen LogP contribution in [0.3, 0.4) is 0 Å². The summed E-state index contributed by atoms with van der Waals surface area (Å²) in [7, 11) is 0. The molecule has 4 aliphatic rings. The van der Waals surface area contributed by atoms with Gasteiger partial charge in [0.15, 0.2) is 0 Å². The van der Waals surface area contributed by atoms with Crippen LogP contribution in [0, 0.1) is 34.5 Å². The Labute approximate surface area is 125 Å². The molecule has 1 nitrogen and oxygen atoms in total. The van der Waals surface area contributed by atoms with E-state index in [0.717, 1.165) is 18.9 Å². The van der Waals surface area contributed by atoms with Crippen molar-refractivity contribution in [2.45, 2.75) is 78.2 Å². The second kappa shape index (κ2) is 4.77. The van der Waals surface area contributed by atoms with Crippen LogP contribution in [0.2, 0.25) is 0 Å². The lowest BCUT2D eigenvalue weighted by Gasteiger charge is -2.66. The fraction of sp³-hybridized carbons (Fsp3) is 0.895. The van der Waals surface area contributed by atoms with Crippen molar-refractivity contribution in [1.82, 2.24) is 5.32 Å². The predicted octanol–water partition coefficient (Wildman–Crippen LogP) is 4.37. The fourth-order valence-electron chi connectivity index (χ4n) is 7.08. The lowest BCUT2D eigenvalue weighted by Crippen LogP contribution is -2.56. The number of hydrogen-bond donors (Lipinski definition) is 1. The molecule has 0 aliphatic heterocycles. The molecule has 0 heterocycles. The Morgan fingerprint density at radius 2 is 1.80 bits per heavy atom. The molecule has 4 rings (SSSR count). The number of hydrogen-bond acceptors (Lipinski definition) is 1. The molecule has 1 N–H and O–H groups in total. The molecule has 3 unspecified atom stereocenters. The van der Waals surface area contributed by atoms with Crippen molar-refractivity contribution in [3.05, 3.63) is 0 Å². The molecule has 4 saturated carbocycles. The first-order chi connectivity index (χ1) is 9.40. The van der Waals surface area contributed by atoms with Gasteiger partial charge in [-0.25, -0.2) is 0 Å². The van der Waals surface area contributed by atoms with Gasteiger partial charge in [0.05, 0.1) is 0 Å². The van der Waals surface area contributed by atoms with Crippen LogP contribution in [0.15, 0.2) is 0 Å². The average Bonchev–Trinajstić information content (AvgIpc) is 2.23. The molecule has 0 aromatic rings. The molecule has 0 amide bonds. The maximum absolute atomic E-state index is 5.59. The molecule has 4 fully saturated rings. The lowest BCUT2D eigenvalue weighted by atomic mass is 9.39. The summed E-state index contributed by atoms with van der Waals surface area (Å²) in [5, 5.41) is 3.64. The molecular formula is C19H31N. The minimum absolute atomic E-state index is 0.536. The maximum Gasteiger partial charge on any atom is 0.0240 e. The highest BCUT2D eigenvalue weighted by atomic mass is 14.9. The van der Waals surface area contributed by atoms with Crippen molar-refractivity contribution >= 4 is 0 Å². The van der Waals surface area contributed by atoms with Crippen LogP contribution in [-0.4, -0.2) is 12.6 Å². The molecule has 0 aromatic carbocycles. The van der Waals surface area contributed by atoms with Gasteiger partial charge in [-0.2, -0.15) is 0 Å². The van der Waals surface area contributed by atoms with Gasteiger partial charge in [0, 0.05) is 12.5 Å². The van der Waals surface area contributed by atoms with E-state index in [4.69, 9.17) is 6.42 Å². The highest BCUT2D eigenvalue weighted by Gasteiger charge is 2.59. The van der Waals surface area contributed by atoms with E-state index in [0.29, 0.717) is 22.3 Å². The maximum atomic E-state index is 5.59. The molecule has 1 heteroatoms. The van der Waals surface area contributed by atoms with Gasteiger partial charge in [-0.05, 0) is 73.7 Å². The van der Waals surface area contributed by atoms with Gasteiger partial charge in [0.1, 0.15) is 0 Å². The van der Waals surface area contributed by atoms with E-state index in [2.05, 4.69) is 32.0 Å². The second-order valence-electron chi connectivity index (χ2n) is 9.00. The molecular weight excluding hydrogens is 242 g/mol. The monoisotopic (exact) mass is 273 g/mol. The van der Waals surface area contributed by atoms with Gasteiger partial charge in [0.2, 0.25) is 0 Å². The zero-order valence-electron chi connectivity index (χ0n) is 13.6. The first-order valence-corrected chi connectivity index (χ1v) is 8.57. The predicted molar refractivity (Wildman–Crippen MR) is 85.4 cm³/mol. The third kappa shape index (κ3) is 2.52. The van der Waals surface area contributed by atoms with Crippen LogP contribution < -0.4 is 5.32 Å². The molecule has 0 radical (unpaired) electrons. The minimum Gasteiger partial charge on any atom is -0.313 e. The van der Waals surface area contributed by atoms with Crippen molar-refractivity contribution in [1.29, 1.82) is 0 Å². The summed E-state index contributed by atoms with van der Waals surface area (Å²) in [5.74, 6) is 3.89. The molecule has 112 valence electrons. The standard InChI is InChI=1S/C19H31N/c1-5-7-16(20-6-2)11-19-10-15-8-17(3,13-19)12-18(4,9-15)14-19/h1,15-16,20H,6-14H2,2-4H3. The van der Waals surface area contributed by atoms with Crippen molar-refractivity contribution in [3.8, 4) is 12.3 Å². The van der Waals surface area contributed by atoms with Crippen LogP contribution in [0.5, 0.6) is 0 Å². The van der Waals surface area contributed by atoms with Gasteiger partial charge in [-0.1, -0.05) is 20.8 Å². The summed E-state index contributed by atoms with van der Waals surface area (Å²) < 4.78 is 0. The van der Waals surface area contributed by atoms with Crippen LogP contribution >= 0.6 is 0 Å². The highest BCUT2D eigenvalue weighted by Crippen LogP contribution is 2.70. The normalized spacial score (nSPS) is 47.2. The Bertz CT molecular complexity index is 400. The Balaban J connectivity index is 1.80. The summed E-state index contributed by atoms with van der Waals surface area (Å²) in [4.78, 5) is 0. The summed E-state index contributed by atoms with van der Waals surface area (Å²) in [6, 6.07) is 0.536. The largest absolute Gasteiger partial charge is 0.313 e. The van der Waals surface area contributed by atoms with E-state index < -0.39 is 0 Å². The molecule has 3 atom stereocenters. The molecule has 20 heavy (non-hydrogen) atoms. The molecule has 4 aliphatic carbocycles. The van der Waals surface area contributed by atoms with Gasteiger partial charge in [-0.3, -0.25) is 0 Å². The van der Waals surface area contributed by atoms with Gasteiger partial charge >= 0.3 is 0 Å². The quantitative estimate of drug-likeness (QED) is 0.733. The first kappa shape index (κ1) is 14.5. The summed E-state index contributed by atoms with van der Waals surface area (Å²) >= 11 is 0. The Morgan fingerprint density at radius 1 is 1.15 bits per heavy atom. The smallest absolute Gasteiger partial charge is 0.0240 e. The van der Waals surface area contributed by atoms with Gasteiger partial charge in [0.25, 0.3) is 0 Å². The molecule has 4 bridgehead atoms. The van der Waals surface area contributed by atoms with E-state index in [9.17, 15) is 0 Å². The van der Waals surface area contributed by atoms with E-state index in [1.165, 1.54) is 44.9 Å². The Hall–Kier alpha value is -0.480. The second-order valence-corrected chi connectivity index (χ2v) is 9.00. The number of rotatable bonds is 5. The SMILES string of the molecule is C#CCC(CC12CC3CC(C)(CC(C)(C3)C1)C2)NCC. The summed E-state index contributed by atoms with van der Waals surface area (Å²) in [6.45, 7) is 8.37. The number of nitrogens with one attached hydrogen (secondary N) is 1. The van der Waals surface area contributed by atoms with E-state index in [-0.39, 0.29) is 0 Å². The topological polar surface area (TPSA) is 12.0 Å². The summed E-state index contributed by atoms with van der Waals surface area (Å²) in [6.07, 6.45) is 16.6. The van der Waals surface area contributed by atoms with Crippen molar-refractivity contribution in [2.75, 3.05) is 6.54 Å². The third-order valence-corrected chi connectivity index (χ3v) is 6.28. The van der Waals surface area contributed by atoms with Crippen LogP contribution in [-0.2, 0) is 0 Å². The Morgan fingerprint density at radius 3 is 2.30 bits per heavy atom. The average molecular weight is 273 g/mol. The molecule has 0 aromatic heterocycles. The van der Waals surface area contributed by atoms with Crippen molar-refractivity contribution in [3.63, 3.8) is 0 Å². The number of terminal acetylenes is 1. The zero-order valence-corrected chi connectivity index (χ0v) is 13.6. The van der Waals surface area contributed by atoms with Crippen LogP contribution in [0.4, 0.5) is 0 Å². The van der Waals surface area contributed by atoms with E-state index in [1.54, 1.807) is 0 Å². The first-order valence-electron chi connectivity index (χ1n) is 8.57. The minimum atomic E-state index is 0.536. The lowest BCUT2D eigenvalue weighted by molar-refractivity contribution is -0.149. The third-order valence-electron chi connectivity index (χ3n) is 6.28. The van der Waals surface area contributed by atoms with Crippen molar-refractivity contribution < 1.29 is 0 Å². The molecule has 0 saturated heterocycles. The van der Waals surface area contributed by atoms with Gasteiger partial charge in [-0.15, -0.1) is 12.3 Å². The summed E-state index contributed by atoms with van der Waals surface area (Å²) in [5.41, 5.74) is 1.84. The fourth-order valence-corrected chi connectivity index (χ4v) is 7.08. The Kier molecular flexibility index (Phi) is 3.45. The van der Waals surface area contributed by atoms with Crippen LogP contribution in [0.25, 0.3) is 0 Å². The van der Waals surface area contributed by atoms with Crippen LogP contribution in [0.1, 0.15) is 72.1 Å².